The molecule has 5 nitrogen and oxygen atoms in total. The van der Waals surface area contributed by atoms with Gasteiger partial charge in [0, 0.05) is 23.4 Å². The van der Waals surface area contributed by atoms with Gasteiger partial charge in [-0.1, -0.05) is 34.8 Å². The molecule has 0 spiro atoms. The minimum Gasteiger partial charge on any atom is -0.508 e. The van der Waals surface area contributed by atoms with Crippen LogP contribution in [0.5, 0.6) is 5.75 Å². The van der Waals surface area contributed by atoms with E-state index < -0.39 is 21.8 Å². The fourth-order valence-corrected chi connectivity index (χ4v) is 2.43. The average molecular weight is 352 g/mol. The highest BCUT2D eigenvalue weighted by Crippen LogP contribution is 2.33. The Morgan fingerprint density at radius 2 is 1.90 bits per heavy atom. The molecule has 0 fully saturated rings. The summed E-state index contributed by atoms with van der Waals surface area (Å²) in [6.07, 6.45) is -0.706. The highest BCUT2D eigenvalue weighted by molar-refractivity contribution is 6.67. The first-order valence-corrected chi connectivity index (χ1v) is 6.87. The largest absolute Gasteiger partial charge is 0.508 e. The summed E-state index contributed by atoms with van der Waals surface area (Å²) < 4.78 is 3.30. The number of hydrogen-bond acceptors (Lipinski definition) is 4. The third-order valence-corrected chi connectivity index (χ3v) is 3.21. The first-order valence-electron chi connectivity index (χ1n) is 5.73. The van der Waals surface area contributed by atoms with Crippen molar-refractivity contribution in [2.75, 3.05) is 0 Å². The topological polar surface area (TPSA) is 87.7 Å². The van der Waals surface area contributed by atoms with Gasteiger partial charge in [-0.2, -0.15) is 0 Å². The Labute approximate surface area is 133 Å². The third kappa shape index (κ3) is 3.81. The van der Waals surface area contributed by atoms with Crippen LogP contribution in [-0.2, 0) is 17.6 Å². The predicted octanol–water partition coefficient (Wildman–Crippen LogP) is 3.04. The van der Waals surface area contributed by atoms with E-state index in [1.54, 1.807) is 0 Å². The molecule has 0 aliphatic carbocycles. The quantitative estimate of drug-likeness (QED) is 0.655. The molecule has 0 saturated heterocycles. The van der Waals surface area contributed by atoms with Crippen LogP contribution in [0.4, 0.5) is 0 Å². The lowest BCUT2D eigenvalue weighted by atomic mass is 10.00. The fourth-order valence-electron chi connectivity index (χ4n) is 2.02. The molecular weight excluding hydrogens is 342 g/mol. The van der Waals surface area contributed by atoms with Crippen molar-refractivity contribution < 1.29 is 19.4 Å². The molecule has 21 heavy (non-hydrogen) atoms. The molecule has 1 aromatic carbocycles. The zero-order valence-corrected chi connectivity index (χ0v) is 12.7. The Hall–Kier alpha value is -1.43. The minimum absolute atomic E-state index is 0.00408. The van der Waals surface area contributed by atoms with Crippen molar-refractivity contribution in [2.45, 2.75) is 16.6 Å². The highest BCUT2D eigenvalue weighted by Gasteiger charge is 2.27. The molecule has 0 amide bonds. The van der Waals surface area contributed by atoms with Crippen LogP contribution >= 0.6 is 34.8 Å². The Morgan fingerprint density at radius 1 is 1.24 bits per heavy atom. The lowest BCUT2D eigenvalue weighted by Crippen LogP contribution is -2.20. The molecule has 1 aromatic heterocycles. The first kappa shape index (κ1) is 15.9. The second kappa shape index (κ2) is 5.75. The molecule has 8 heteroatoms. The normalized spacial score (nSPS) is 11.8. The van der Waals surface area contributed by atoms with Crippen LogP contribution in [-0.4, -0.2) is 20.0 Å². The molecule has 2 aromatic rings. The molecule has 1 heterocycles. The lowest BCUT2D eigenvalue weighted by Gasteiger charge is -2.14. The molecule has 0 bridgehead atoms. The summed E-state index contributed by atoms with van der Waals surface area (Å²) in [5.74, 6) is -1.25. The maximum Gasteiger partial charge on any atom is 0.339 e. The lowest BCUT2D eigenvalue weighted by molar-refractivity contribution is -0.136. The van der Waals surface area contributed by atoms with Gasteiger partial charge >= 0.3 is 11.6 Å². The minimum atomic E-state index is -1.76. The maximum atomic E-state index is 12.0. The predicted molar refractivity (Wildman–Crippen MR) is 79.5 cm³/mol. The smallest absolute Gasteiger partial charge is 0.339 e. The van der Waals surface area contributed by atoms with Gasteiger partial charge in [-0.15, -0.1) is 0 Å². The number of phenolic OH excluding ortho intramolecular Hbond substituents is 1. The van der Waals surface area contributed by atoms with E-state index in [2.05, 4.69) is 0 Å². The van der Waals surface area contributed by atoms with Crippen LogP contribution in [0.2, 0.25) is 0 Å². The summed E-state index contributed by atoms with van der Waals surface area (Å²) in [4.78, 5) is 23.0. The van der Waals surface area contributed by atoms with Gasteiger partial charge in [-0.3, -0.25) is 4.79 Å². The first-order chi connectivity index (χ1) is 9.67. The van der Waals surface area contributed by atoms with E-state index in [9.17, 15) is 14.7 Å². The summed E-state index contributed by atoms with van der Waals surface area (Å²) in [5, 5.41) is 18.8. The van der Waals surface area contributed by atoms with Crippen molar-refractivity contribution in [1.29, 1.82) is 0 Å². The number of phenols is 1. The Kier molecular flexibility index (Phi) is 4.37. The van der Waals surface area contributed by atoms with Crippen LogP contribution in [0.3, 0.4) is 0 Å². The number of carbonyl (C=O) groups is 1. The number of fused-ring (bicyclic) bond motifs is 1. The number of carboxylic acid groups (broad SMARTS) is 1. The van der Waals surface area contributed by atoms with E-state index in [0.717, 1.165) is 0 Å². The van der Waals surface area contributed by atoms with Crippen molar-refractivity contribution in [1.82, 2.24) is 0 Å². The number of aliphatic carboxylic acids is 1. The van der Waals surface area contributed by atoms with Gasteiger partial charge < -0.3 is 14.6 Å². The van der Waals surface area contributed by atoms with Gasteiger partial charge in [0.1, 0.15) is 11.3 Å². The fraction of sp³-hybridized carbons (Fsp3) is 0.231. The number of carboxylic acids is 1. The van der Waals surface area contributed by atoms with Crippen LogP contribution < -0.4 is 5.63 Å². The molecule has 0 atom stereocenters. The van der Waals surface area contributed by atoms with Crippen LogP contribution in [0.25, 0.3) is 11.0 Å². The van der Waals surface area contributed by atoms with Crippen LogP contribution in [0.1, 0.15) is 11.1 Å². The second-order valence-corrected chi connectivity index (χ2v) is 6.91. The van der Waals surface area contributed by atoms with E-state index in [1.165, 1.54) is 18.2 Å². The van der Waals surface area contributed by atoms with Gasteiger partial charge in [0.05, 0.1) is 6.42 Å². The number of benzene rings is 1. The van der Waals surface area contributed by atoms with E-state index >= 15 is 0 Å². The average Bonchev–Trinajstić information content (AvgIpc) is 2.31. The number of hydrogen-bond donors (Lipinski definition) is 2. The van der Waals surface area contributed by atoms with E-state index in [-0.39, 0.29) is 28.9 Å². The molecule has 0 saturated carbocycles. The van der Waals surface area contributed by atoms with Gasteiger partial charge in [0.25, 0.3) is 0 Å². The maximum absolute atomic E-state index is 12.0. The molecule has 0 aliphatic heterocycles. The van der Waals surface area contributed by atoms with Gasteiger partial charge in [-0.05, 0) is 17.7 Å². The summed E-state index contributed by atoms with van der Waals surface area (Å²) in [5.41, 5.74) is -0.518. The number of rotatable bonds is 3. The zero-order valence-electron chi connectivity index (χ0n) is 10.4. The third-order valence-electron chi connectivity index (χ3n) is 2.81. The SMILES string of the molecule is O=C(O)Cc1c(CC(Cl)(Cl)Cl)c(=O)oc2cc(O)ccc12. The van der Waals surface area contributed by atoms with Crippen molar-refractivity contribution in [3.05, 3.63) is 39.7 Å². The highest BCUT2D eigenvalue weighted by atomic mass is 35.6. The molecular formula is C13H9Cl3O5. The molecule has 0 unspecified atom stereocenters. The van der Waals surface area contributed by atoms with E-state index in [1.807, 2.05) is 0 Å². The summed E-state index contributed by atoms with van der Waals surface area (Å²) in [6, 6.07) is 4.03. The standard InChI is InChI=1S/C13H9Cl3O5/c14-13(15,16)5-9-8(4-11(18)19)7-2-1-6(17)3-10(7)21-12(9)20/h1-3,17H,4-5H2,(H,18,19). The van der Waals surface area contributed by atoms with Gasteiger partial charge in [0.15, 0.2) is 3.79 Å². The number of aromatic hydroxyl groups is 1. The molecule has 2 N–H and O–H groups in total. The Morgan fingerprint density at radius 3 is 2.48 bits per heavy atom. The van der Waals surface area contributed by atoms with Crippen molar-refractivity contribution >= 4 is 51.7 Å². The second-order valence-electron chi connectivity index (χ2n) is 4.39. The van der Waals surface area contributed by atoms with Gasteiger partial charge in [0.2, 0.25) is 0 Å². The summed E-state index contributed by atoms with van der Waals surface area (Å²) >= 11 is 17.1. The number of halogens is 3. The van der Waals surface area contributed by atoms with Crippen molar-refractivity contribution in [3.63, 3.8) is 0 Å². The van der Waals surface area contributed by atoms with Crippen molar-refractivity contribution in [2.24, 2.45) is 0 Å². The van der Waals surface area contributed by atoms with Crippen molar-refractivity contribution in [3.8, 4) is 5.75 Å². The summed E-state index contributed by atoms with van der Waals surface area (Å²) in [7, 11) is 0. The van der Waals surface area contributed by atoms with E-state index in [4.69, 9.17) is 44.3 Å². The molecule has 0 radical (unpaired) electrons. The summed E-state index contributed by atoms with van der Waals surface area (Å²) in [6.45, 7) is 0. The monoisotopic (exact) mass is 350 g/mol. The number of alkyl halides is 3. The molecule has 2 rings (SSSR count). The molecule has 0 aliphatic rings. The Bertz CT molecular complexity index is 761. The Balaban J connectivity index is 2.76. The zero-order chi connectivity index (χ0) is 15.8. The van der Waals surface area contributed by atoms with Gasteiger partial charge in [-0.25, -0.2) is 4.79 Å². The molecule has 112 valence electrons. The van der Waals surface area contributed by atoms with Crippen LogP contribution in [0, 0.1) is 0 Å². The van der Waals surface area contributed by atoms with Crippen LogP contribution in [0.15, 0.2) is 27.4 Å². The van der Waals surface area contributed by atoms with E-state index in [0.29, 0.717) is 5.39 Å².